The predicted octanol–water partition coefficient (Wildman–Crippen LogP) is 6.11. The maximum atomic E-state index is 12.9. The van der Waals surface area contributed by atoms with Gasteiger partial charge in [0.1, 0.15) is 6.10 Å². The fourth-order valence-electron chi connectivity index (χ4n) is 6.93. The summed E-state index contributed by atoms with van der Waals surface area (Å²) in [5, 5.41) is 2.72. The Bertz CT molecular complexity index is 1110. The molecule has 2 aromatic carbocycles. The van der Waals surface area contributed by atoms with E-state index in [1.54, 1.807) is 0 Å². The van der Waals surface area contributed by atoms with Crippen LogP contribution >= 0.6 is 0 Å². The van der Waals surface area contributed by atoms with E-state index in [2.05, 4.69) is 22.3 Å². The molecule has 2 aromatic rings. The topological polar surface area (TPSA) is 58.6 Å². The minimum atomic E-state index is -4.39. The van der Waals surface area contributed by atoms with Gasteiger partial charge in [-0.15, -0.1) is 0 Å². The van der Waals surface area contributed by atoms with Gasteiger partial charge in [-0.3, -0.25) is 4.79 Å². The Hall–Kier alpha value is -3.03. The monoisotopic (exact) mass is 514 g/mol. The number of hydrogen-bond acceptors (Lipinski definition) is 3. The van der Waals surface area contributed by atoms with Crippen LogP contribution in [0.2, 0.25) is 0 Å². The van der Waals surface area contributed by atoms with Crippen LogP contribution in [0.25, 0.3) is 0 Å². The van der Waals surface area contributed by atoms with Crippen molar-refractivity contribution in [1.82, 2.24) is 10.2 Å². The molecule has 2 heterocycles. The summed E-state index contributed by atoms with van der Waals surface area (Å²) in [6.07, 6.45) is 1.41. The van der Waals surface area contributed by atoms with Crippen LogP contribution in [0.5, 0.6) is 0 Å². The van der Waals surface area contributed by atoms with Gasteiger partial charge in [-0.2, -0.15) is 13.2 Å². The van der Waals surface area contributed by atoms with Crippen molar-refractivity contribution in [3.05, 3.63) is 71.3 Å². The summed E-state index contributed by atoms with van der Waals surface area (Å²) in [7, 11) is 0. The van der Waals surface area contributed by atoms with E-state index in [-0.39, 0.29) is 35.9 Å². The van der Waals surface area contributed by atoms with Gasteiger partial charge in [0.15, 0.2) is 0 Å². The first-order valence-corrected chi connectivity index (χ1v) is 13.2. The van der Waals surface area contributed by atoms with Crippen LogP contribution in [0.1, 0.15) is 61.6 Å². The number of halogens is 3. The molecule has 2 saturated heterocycles. The molecule has 0 aromatic heterocycles. The van der Waals surface area contributed by atoms with Crippen molar-refractivity contribution >= 4 is 12.0 Å². The summed E-state index contributed by atoms with van der Waals surface area (Å²) >= 11 is 0. The van der Waals surface area contributed by atoms with Gasteiger partial charge in [-0.05, 0) is 74.1 Å². The molecule has 4 atom stereocenters. The third kappa shape index (κ3) is 5.34. The lowest BCUT2D eigenvalue weighted by atomic mass is 9.62. The molecule has 1 spiro atoms. The van der Waals surface area contributed by atoms with Gasteiger partial charge in [0.05, 0.1) is 5.56 Å². The van der Waals surface area contributed by atoms with E-state index in [0.29, 0.717) is 18.4 Å². The molecule has 1 N–H and O–H groups in total. The molecule has 0 unspecified atom stereocenters. The standard InChI is InChI=1S/C29H33F3N2O3/c30-29(31,32)22-12-10-21(11-13-22)19-33-27(36)37-25-14-16-28-15-5-17-34(28)26(35)9-4-8-24(28)23(25)18-20-6-2-1-3-7-20/h1-3,6-7,10-13,23-25H,4-5,8-9,14-19H2,(H,33,36)/t23-,24+,25+,28-/m1/s1. The highest BCUT2D eigenvalue weighted by Gasteiger charge is 2.56. The van der Waals surface area contributed by atoms with Crippen LogP contribution in [0.4, 0.5) is 18.0 Å². The van der Waals surface area contributed by atoms with Gasteiger partial charge in [-0.1, -0.05) is 42.5 Å². The van der Waals surface area contributed by atoms with Crippen LogP contribution in [0.3, 0.4) is 0 Å². The molecule has 37 heavy (non-hydrogen) atoms. The highest BCUT2D eigenvalue weighted by atomic mass is 19.4. The second-order valence-corrected chi connectivity index (χ2v) is 10.6. The van der Waals surface area contributed by atoms with Crippen molar-refractivity contribution in [3.8, 4) is 0 Å². The first-order chi connectivity index (χ1) is 17.8. The summed E-state index contributed by atoms with van der Waals surface area (Å²) in [5.41, 5.74) is 0.881. The Kier molecular flexibility index (Phi) is 7.19. The van der Waals surface area contributed by atoms with E-state index >= 15 is 0 Å². The Balaban J connectivity index is 1.31. The van der Waals surface area contributed by atoms with E-state index < -0.39 is 17.8 Å². The van der Waals surface area contributed by atoms with E-state index in [9.17, 15) is 22.8 Å². The Labute approximate surface area is 215 Å². The van der Waals surface area contributed by atoms with Crippen molar-refractivity contribution in [2.24, 2.45) is 11.8 Å². The van der Waals surface area contributed by atoms with E-state index in [4.69, 9.17) is 4.74 Å². The molecular weight excluding hydrogens is 481 g/mol. The molecule has 1 saturated carbocycles. The number of carbonyl (C=O) groups excluding carboxylic acids is 2. The highest BCUT2D eigenvalue weighted by molar-refractivity contribution is 5.78. The zero-order chi connectivity index (χ0) is 26.0. The van der Waals surface area contributed by atoms with E-state index in [1.807, 2.05) is 18.2 Å². The number of nitrogens with zero attached hydrogens (tertiary/aromatic N) is 1. The smallest absolute Gasteiger partial charge is 0.416 e. The molecule has 8 heteroatoms. The maximum absolute atomic E-state index is 12.9. The van der Waals surface area contributed by atoms with Crippen molar-refractivity contribution in [2.45, 2.75) is 75.7 Å². The summed E-state index contributed by atoms with van der Waals surface area (Å²) < 4.78 is 44.5. The van der Waals surface area contributed by atoms with Crippen LogP contribution in [0, 0.1) is 11.8 Å². The molecule has 0 radical (unpaired) electrons. The average molecular weight is 515 g/mol. The number of carbonyl (C=O) groups is 2. The summed E-state index contributed by atoms with van der Waals surface area (Å²) in [5.74, 6) is 0.592. The molecule has 198 valence electrons. The first kappa shape index (κ1) is 25.6. The number of ether oxygens (including phenoxy) is 1. The molecule has 3 aliphatic rings. The number of hydrogen-bond donors (Lipinski definition) is 1. The lowest BCUT2D eigenvalue weighted by Crippen LogP contribution is -2.58. The molecule has 3 fully saturated rings. The van der Waals surface area contributed by atoms with Gasteiger partial charge in [0.25, 0.3) is 0 Å². The van der Waals surface area contributed by atoms with Gasteiger partial charge < -0.3 is 15.0 Å². The molecule has 2 amide bonds. The van der Waals surface area contributed by atoms with Crippen LogP contribution in [0.15, 0.2) is 54.6 Å². The predicted molar refractivity (Wildman–Crippen MR) is 132 cm³/mol. The number of benzene rings is 2. The fraction of sp³-hybridized carbons (Fsp3) is 0.517. The van der Waals surface area contributed by atoms with Gasteiger partial charge in [0.2, 0.25) is 5.91 Å². The number of amides is 2. The van der Waals surface area contributed by atoms with Crippen molar-refractivity contribution in [3.63, 3.8) is 0 Å². The third-order valence-electron chi connectivity index (χ3n) is 8.57. The highest BCUT2D eigenvalue weighted by Crippen LogP contribution is 2.53. The normalized spacial score (nSPS) is 27.7. The van der Waals surface area contributed by atoms with E-state index in [0.717, 1.165) is 57.2 Å². The van der Waals surface area contributed by atoms with Crippen molar-refractivity contribution < 1.29 is 27.5 Å². The zero-order valence-electron chi connectivity index (χ0n) is 20.8. The van der Waals surface area contributed by atoms with Gasteiger partial charge >= 0.3 is 12.3 Å². The molecular formula is C29H33F3N2O3. The second-order valence-electron chi connectivity index (χ2n) is 10.6. The molecule has 5 rings (SSSR count). The zero-order valence-corrected chi connectivity index (χ0v) is 20.8. The Morgan fingerprint density at radius 2 is 1.76 bits per heavy atom. The maximum Gasteiger partial charge on any atom is 0.416 e. The molecule has 1 aliphatic carbocycles. The molecule has 2 aliphatic heterocycles. The van der Waals surface area contributed by atoms with Crippen molar-refractivity contribution in [1.29, 1.82) is 0 Å². The van der Waals surface area contributed by atoms with Gasteiger partial charge in [-0.25, -0.2) is 4.79 Å². The molecule has 5 nitrogen and oxygen atoms in total. The molecule has 0 bridgehead atoms. The van der Waals surface area contributed by atoms with Gasteiger partial charge in [0, 0.05) is 31.0 Å². The summed E-state index contributed by atoms with van der Waals surface area (Å²) in [4.78, 5) is 27.9. The summed E-state index contributed by atoms with van der Waals surface area (Å²) in [6, 6.07) is 15.0. The first-order valence-electron chi connectivity index (χ1n) is 13.2. The fourth-order valence-corrected chi connectivity index (χ4v) is 6.93. The largest absolute Gasteiger partial charge is 0.446 e. The quantitative estimate of drug-likeness (QED) is 0.524. The lowest BCUT2D eigenvalue weighted by Gasteiger charge is -2.52. The van der Waals surface area contributed by atoms with Crippen LogP contribution < -0.4 is 5.32 Å². The second kappa shape index (κ2) is 10.4. The van der Waals surface area contributed by atoms with Crippen molar-refractivity contribution in [2.75, 3.05) is 6.54 Å². The SMILES string of the molecule is O=C(NCc1ccc(C(F)(F)F)cc1)O[C@H]1CC[C@@]23CCCN2C(=O)CCC[C@H]3[C@H]1Cc1ccccc1. The van der Waals surface area contributed by atoms with Crippen LogP contribution in [-0.4, -0.2) is 35.1 Å². The number of rotatable bonds is 5. The Morgan fingerprint density at radius 1 is 1.00 bits per heavy atom. The Morgan fingerprint density at radius 3 is 2.49 bits per heavy atom. The number of alkyl halides is 3. The minimum Gasteiger partial charge on any atom is -0.446 e. The third-order valence-corrected chi connectivity index (χ3v) is 8.57. The number of alkyl carbamates (subject to hydrolysis) is 1. The summed E-state index contributed by atoms with van der Waals surface area (Å²) in [6.45, 7) is 0.898. The minimum absolute atomic E-state index is 0.0828. The van der Waals surface area contributed by atoms with E-state index in [1.165, 1.54) is 17.7 Å². The lowest BCUT2D eigenvalue weighted by molar-refractivity contribution is -0.141. The van der Waals surface area contributed by atoms with Crippen LogP contribution in [-0.2, 0) is 28.7 Å². The number of nitrogens with one attached hydrogen (secondary N) is 1. The average Bonchev–Trinajstić information content (AvgIpc) is 3.25.